The van der Waals surface area contributed by atoms with Gasteiger partial charge < -0.3 is 0 Å². The molecule has 0 spiro atoms. The second kappa shape index (κ2) is 14.2. The van der Waals surface area contributed by atoms with Crippen molar-refractivity contribution in [1.29, 1.82) is 0 Å². The van der Waals surface area contributed by atoms with Crippen LogP contribution in [-0.2, 0) is 0 Å². The third-order valence-corrected chi connectivity index (χ3v) is 2.33. The van der Waals surface area contributed by atoms with E-state index in [1.54, 1.807) is 0 Å². The minimum Gasteiger partial charge on any atom is -0.0776 e. The quantitative estimate of drug-likeness (QED) is 0.566. The minimum atomic E-state index is 0. The van der Waals surface area contributed by atoms with E-state index in [-0.39, 0.29) is 7.43 Å². The predicted octanol–water partition coefficient (Wildman–Crippen LogP) is 6.13. The second-order valence-electron chi connectivity index (χ2n) is 3.44. The summed E-state index contributed by atoms with van der Waals surface area (Å²) in [7, 11) is 0. The summed E-state index contributed by atoms with van der Waals surface area (Å²) in [5.74, 6) is 1.41. The topological polar surface area (TPSA) is 0 Å². The van der Waals surface area contributed by atoms with E-state index < -0.39 is 0 Å². The van der Waals surface area contributed by atoms with Gasteiger partial charge >= 0.3 is 0 Å². The number of benzene rings is 1. The summed E-state index contributed by atoms with van der Waals surface area (Å²) in [6.45, 7) is 14.8. The van der Waals surface area contributed by atoms with Gasteiger partial charge in [-0.25, -0.2) is 0 Å². The first-order chi connectivity index (χ1) is 7.22. The van der Waals surface area contributed by atoms with Crippen LogP contribution < -0.4 is 0 Å². The molecule has 0 aliphatic carbocycles. The van der Waals surface area contributed by atoms with Gasteiger partial charge in [0.25, 0.3) is 0 Å². The zero-order valence-electron chi connectivity index (χ0n) is 11.5. The summed E-state index contributed by atoms with van der Waals surface area (Å²) in [6.07, 6.45) is 0. The van der Waals surface area contributed by atoms with Gasteiger partial charge in [0.2, 0.25) is 0 Å². The van der Waals surface area contributed by atoms with Crippen LogP contribution in [0.5, 0.6) is 0 Å². The fraction of sp³-hybridized carbons (Fsp3) is 0.625. The first-order valence-corrected chi connectivity index (χ1v) is 6.26. The van der Waals surface area contributed by atoms with Crippen molar-refractivity contribution in [3.63, 3.8) is 0 Å². The first-order valence-electron chi connectivity index (χ1n) is 6.26. The number of hydrogen-bond donors (Lipinski definition) is 0. The van der Waals surface area contributed by atoms with Crippen LogP contribution in [-0.4, -0.2) is 0 Å². The molecule has 1 aromatic carbocycles. The zero-order valence-corrected chi connectivity index (χ0v) is 11.5. The van der Waals surface area contributed by atoms with Crippen molar-refractivity contribution in [1.82, 2.24) is 0 Å². The van der Waals surface area contributed by atoms with Crippen LogP contribution in [0.1, 0.15) is 67.4 Å². The highest BCUT2D eigenvalue weighted by Gasteiger charge is 2.07. The van der Waals surface area contributed by atoms with E-state index >= 15 is 0 Å². The monoisotopic (exact) mass is 224 g/mol. The van der Waals surface area contributed by atoms with Crippen LogP contribution in [0.15, 0.2) is 30.3 Å². The van der Waals surface area contributed by atoms with E-state index in [1.165, 1.54) is 5.56 Å². The molecule has 1 atom stereocenters. The molecule has 0 saturated carbocycles. The molecule has 0 aliphatic rings. The molecule has 1 rings (SSSR count). The molecular formula is C16H32. The maximum Gasteiger partial charge on any atom is -0.0167 e. The zero-order chi connectivity index (χ0) is 12.3. The molecule has 0 radical (unpaired) electrons. The summed E-state index contributed by atoms with van der Waals surface area (Å²) in [5.41, 5.74) is 1.45. The molecule has 0 fully saturated rings. The molecule has 0 bridgehead atoms. The molecule has 96 valence electrons. The Balaban J connectivity index is -0.000000305. The van der Waals surface area contributed by atoms with Gasteiger partial charge in [-0.1, -0.05) is 86.2 Å². The Morgan fingerprint density at radius 1 is 0.750 bits per heavy atom. The Morgan fingerprint density at radius 2 is 1.12 bits per heavy atom. The number of hydrogen-bond acceptors (Lipinski definition) is 0. The largest absolute Gasteiger partial charge is 0.0776 e. The molecule has 1 aromatic rings. The van der Waals surface area contributed by atoms with Gasteiger partial charge in [0.15, 0.2) is 0 Å². The second-order valence-corrected chi connectivity index (χ2v) is 3.44. The average Bonchev–Trinajstić information content (AvgIpc) is 2.34. The summed E-state index contributed by atoms with van der Waals surface area (Å²) < 4.78 is 0. The Morgan fingerprint density at radius 3 is 1.44 bits per heavy atom. The molecule has 0 saturated heterocycles. The van der Waals surface area contributed by atoms with Crippen molar-refractivity contribution in [2.24, 2.45) is 5.92 Å². The van der Waals surface area contributed by atoms with Gasteiger partial charge in [0, 0.05) is 0 Å². The van der Waals surface area contributed by atoms with E-state index in [4.69, 9.17) is 0 Å². The van der Waals surface area contributed by atoms with Gasteiger partial charge in [-0.2, -0.15) is 0 Å². The van der Waals surface area contributed by atoms with E-state index in [2.05, 4.69) is 51.1 Å². The van der Waals surface area contributed by atoms with Crippen molar-refractivity contribution in [3.8, 4) is 0 Å². The van der Waals surface area contributed by atoms with Crippen LogP contribution in [0.25, 0.3) is 0 Å². The normalized spacial score (nSPS) is 10.0. The Bertz CT molecular complexity index is 199. The van der Waals surface area contributed by atoms with Crippen LogP contribution >= 0.6 is 0 Å². The van der Waals surface area contributed by atoms with Crippen LogP contribution in [0.2, 0.25) is 0 Å². The maximum atomic E-state index is 2.28. The SMILES string of the molecule is C.CC.CC.CC(C)C(C)c1ccccc1. The molecule has 0 N–H and O–H groups in total. The lowest BCUT2D eigenvalue weighted by Gasteiger charge is -2.15. The highest BCUT2D eigenvalue weighted by Crippen LogP contribution is 2.22. The molecular weight excluding hydrogens is 192 g/mol. The molecule has 0 aliphatic heterocycles. The summed E-state index contributed by atoms with van der Waals surface area (Å²) in [6, 6.07) is 10.7. The minimum absolute atomic E-state index is 0. The van der Waals surface area contributed by atoms with E-state index in [1.807, 2.05) is 27.7 Å². The average molecular weight is 224 g/mol. The van der Waals surface area contributed by atoms with Crippen LogP contribution in [0, 0.1) is 5.92 Å². The highest BCUT2D eigenvalue weighted by molar-refractivity contribution is 5.18. The van der Waals surface area contributed by atoms with Gasteiger partial charge in [0.05, 0.1) is 0 Å². The predicted molar refractivity (Wildman–Crippen MR) is 79.1 cm³/mol. The van der Waals surface area contributed by atoms with Gasteiger partial charge in [0.1, 0.15) is 0 Å². The third-order valence-electron chi connectivity index (χ3n) is 2.33. The molecule has 0 amide bonds. The van der Waals surface area contributed by atoms with Crippen molar-refractivity contribution < 1.29 is 0 Å². The molecule has 0 nitrogen and oxygen atoms in total. The lowest BCUT2D eigenvalue weighted by atomic mass is 9.91. The Hall–Kier alpha value is -0.780. The van der Waals surface area contributed by atoms with Crippen molar-refractivity contribution in [2.45, 2.75) is 61.8 Å². The van der Waals surface area contributed by atoms with Crippen molar-refractivity contribution in [2.75, 3.05) is 0 Å². The van der Waals surface area contributed by atoms with E-state index in [0.717, 1.165) is 5.92 Å². The Kier molecular flexibility index (Phi) is 18.3. The molecule has 0 heteroatoms. The fourth-order valence-electron chi connectivity index (χ4n) is 1.14. The fourth-order valence-corrected chi connectivity index (χ4v) is 1.14. The van der Waals surface area contributed by atoms with E-state index in [0.29, 0.717) is 5.92 Å². The lowest BCUT2D eigenvalue weighted by Crippen LogP contribution is -2.00. The molecule has 0 heterocycles. The van der Waals surface area contributed by atoms with Crippen LogP contribution in [0.4, 0.5) is 0 Å². The van der Waals surface area contributed by atoms with Crippen molar-refractivity contribution >= 4 is 0 Å². The van der Waals surface area contributed by atoms with Gasteiger partial charge in [-0.15, -0.1) is 0 Å². The summed E-state index contributed by atoms with van der Waals surface area (Å²) in [4.78, 5) is 0. The van der Waals surface area contributed by atoms with E-state index in [9.17, 15) is 0 Å². The molecule has 16 heavy (non-hydrogen) atoms. The maximum absolute atomic E-state index is 2.28. The lowest BCUT2D eigenvalue weighted by molar-refractivity contribution is 0.535. The Labute approximate surface area is 104 Å². The van der Waals surface area contributed by atoms with Gasteiger partial charge in [-0.3, -0.25) is 0 Å². The van der Waals surface area contributed by atoms with Crippen LogP contribution in [0.3, 0.4) is 0 Å². The highest BCUT2D eigenvalue weighted by atomic mass is 14.1. The summed E-state index contributed by atoms with van der Waals surface area (Å²) >= 11 is 0. The van der Waals surface area contributed by atoms with Gasteiger partial charge in [-0.05, 0) is 17.4 Å². The molecule has 0 aromatic heterocycles. The smallest absolute Gasteiger partial charge is 0.0167 e. The third kappa shape index (κ3) is 8.52. The number of rotatable bonds is 2. The first kappa shape index (κ1) is 20.6. The molecule has 1 unspecified atom stereocenters. The standard InChI is InChI=1S/C11H16.2C2H6.CH4/c1-9(2)10(3)11-7-5-4-6-8-11;2*1-2;/h4-10H,1-3H3;2*1-2H3;1H4. The van der Waals surface area contributed by atoms with Crippen molar-refractivity contribution in [3.05, 3.63) is 35.9 Å². The summed E-state index contributed by atoms with van der Waals surface area (Å²) in [5, 5.41) is 0.